The number of likely N-dealkylation sites (N-methyl/N-ethyl adjacent to an activating group) is 1. The first-order valence-corrected chi connectivity index (χ1v) is 10.4. The lowest BCUT2D eigenvalue weighted by Crippen LogP contribution is -2.40. The molecule has 0 spiro atoms. The van der Waals surface area contributed by atoms with Gasteiger partial charge in [0.2, 0.25) is 5.91 Å². The first-order valence-electron chi connectivity index (χ1n) is 9.48. The third-order valence-electron chi connectivity index (χ3n) is 4.61. The van der Waals surface area contributed by atoms with Crippen molar-refractivity contribution in [3.05, 3.63) is 23.8 Å². The summed E-state index contributed by atoms with van der Waals surface area (Å²) in [5.74, 6) is 0.434. The minimum atomic E-state index is -0.101. The third kappa shape index (κ3) is 5.24. The van der Waals surface area contributed by atoms with Gasteiger partial charge in [-0.25, -0.2) is 0 Å². The number of carbonyl (C=O) groups excluding carboxylic acids is 2. The maximum absolute atomic E-state index is 13.1. The van der Waals surface area contributed by atoms with E-state index in [4.69, 9.17) is 0 Å². The highest BCUT2D eigenvalue weighted by Crippen LogP contribution is 2.36. The third-order valence-corrected chi connectivity index (χ3v) is 5.79. The molecule has 2 rings (SSSR count). The second kappa shape index (κ2) is 9.42. The zero-order valence-corrected chi connectivity index (χ0v) is 17.4. The molecule has 0 aliphatic carbocycles. The number of nitrogens with one attached hydrogen (secondary N) is 1. The minimum absolute atomic E-state index is 0.00679. The molecule has 0 saturated heterocycles. The number of hydrogen-bond acceptors (Lipinski definition) is 4. The second-order valence-electron chi connectivity index (χ2n) is 7.13. The molecular weight excluding hydrogens is 346 g/mol. The van der Waals surface area contributed by atoms with Gasteiger partial charge in [0.15, 0.2) is 0 Å². The largest absolute Gasteiger partial charge is 0.337 e. The normalized spacial score (nSPS) is 16.6. The van der Waals surface area contributed by atoms with Gasteiger partial charge in [-0.05, 0) is 44.1 Å². The fraction of sp³-hybridized carbons (Fsp3) is 0.600. The molecule has 1 aliphatic heterocycles. The average molecular weight is 378 g/mol. The van der Waals surface area contributed by atoms with Gasteiger partial charge in [-0.1, -0.05) is 27.7 Å². The minimum Gasteiger partial charge on any atom is -0.337 e. The van der Waals surface area contributed by atoms with E-state index in [1.165, 1.54) is 11.8 Å². The van der Waals surface area contributed by atoms with Crippen molar-refractivity contribution in [3.8, 4) is 0 Å². The summed E-state index contributed by atoms with van der Waals surface area (Å²) in [7, 11) is 0. The van der Waals surface area contributed by atoms with Gasteiger partial charge >= 0.3 is 0 Å². The molecule has 1 aliphatic rings. The number of hydrogen-bond donors (Lipinski definition) is 1. The molecule has 144 valence electrons. The van der Waals surface area contributed by atoms with Crippen LogP contribution < -0.4 is 5.32 Å². The molecule has 5 nitrogen and oxygen atoms in total. The second-order valence-corrected chi connectivity index (χ2v) is 8.51. The Morgan fingerprint density at radius 3 is 2.54 bits per heavy atom. The molecule has 0 saturated carbocycles. The van der Waals surface area contributed by atoms with Crippen LogP contribution in [0.2, 0.25) is 0 Å². The molecule has 6 heteroatoms. The fourth-order valence-electron chi connectivity index (χ4n) is 3.04. The number of thioether (sulfide) groups is 1. The zero-order chi connectivity index (χ0) is 19.3. The highest BCUT2D eigenvalue weighted by molar-refractivity contribution is 8.00. The first kappa shape index (κ1) is 20.8. The number of carbonyl (C=O) groups is 2. The van der Waals surface area contributed by atoms with Gasteiger partial charge in [-0.2, -0.15) is 0 Å². The van der Waals surface area contributed by atoms with Gasteiger partial charge in [0.25, 0.3) is 5.91 Å². The molecule has 0 bridgehead atoms. The summed E-state index contributed by atoms with van der Waals surface area (Å²) in [4.78, 5) is 30.3. The SMILES string of the molecule is CCN(CC)CCN(CC(C)C)C(=O)c1ccc2c(c1)NC(=O)[C@H](C)S2. The van der Waals surface area contributed by atoms with Crippen LogP contribution in [0.3, 0.4) is 0 Å². The first-order chi connectivity index (χ1) is 12.3. The van der Waals surface area contributed by atoms with E-state index in [0.29, 0.717) is 18.0 Å². The monoisotopic (exact) mass is 377 g/mol. The van der Waals surface area contributed by atoms with Crippen molar-refractivity contribution in [1.82, 2.24) is 9.80 Å². The van der Waals surface area contributed by atoms with E-state index in [1.807, 2.05) is 30.0 Å². The fourth-order valence-corrected chi connectivity index (χ4v) is 3.97. The van der Waals surface area contributed by atoms with Gasteiger partial charge in [0.05, 0.1) is 10.9 Å². The molecule has 1 aromatic carbocycles. The Morgan fingerprint density at radius 1 is 1.23 bits per heavy atom. The molecule has 2 amide bonds. The molecule has 0 fully saturated rings. The predicted molar refractivity (Wildman–Crippen MR) is 109 cm³/mol. The molecule has 0 radical (unpaired) electrons. The molecule has 1 atom stereocenters. The van der Waals surface area contributed by atoms with Crippen molar-refractivity contribution in [3.63, 3.8) is 0 Å². The van der Waals surface area contributed by atoms with Gasteiger partial charge in [0, 0.05) is 30.1 Å². The molecule has 0 aromatic heterocycles. The highest BCUT2D eigenvalue weighted by atomic mass is 32.2. The van der Waals surface area contributed by atoms with Crippen molar-refractivity contribution in [2.75, 3.05) is 38.0 Å². The van der Waals surface area contributed by atoms with Crippen LogP contribution in [-0.2, 0) is 4.79 Å². The highest BCUT2D eigenvalue weighted by Gasteiger charge is 2.25. The number of amides is 2. The number of rotatable bonds is 8. The Balaban J connectivity index is 2.17. The smallest absolute Gasteiger partial charge is 0.253 e. The molecule has 1 N–H and O–H groups in total. The van der Waals surface area contributed by atoms with E-state index in [1.54, 1.807) is 0 Å². The molecule has 1 aromatic rings. The van der Waals surface area contributed by atoms with Crippen molar-refractivity contribution in [2.45, 2.75) is 44.8 Å². The molecule has 0 unspecified atom stereocenters. The van der Waals surface area contributed by atoms with E-state index >= 15 is 0 Å². The Hall–Kier alpha value is -1.53. The molecule has 1 heterocycles. The summed E-state index contributed by atoms with van der Waals surface area (Å²) < 4.78 is 0. The Morgan fingerprint density at radius 2 is 1.92 bits per heavy atom. The number of fused-ring (bicyclic) bond motifs is 1. The maximum Gasteiger partial charge on any atom is 0.253 e. The summed E-state index contributed by atoms with van der Waals surface area (Å²) in [6, 6.07) is 5.64. The van der Waals surface area contributed by atoms with Crippen LogP contribution >= 0.6 is 11.8 Å². The maximum atomic E-state index is 13.1. The van der Waals surface area contributed by atoms with Crippen molar-refractivity contribution in [1.29, 1.82) is 0 Å². The number of nitrogens with zero attached hydrogens (tertiary/aromatic N) is 2. The van der Waals surface area contributed by atoms with E-state index < -0.39 is 0 Å². The van der Waals surface area contributed by atoms with Crippen LogP contribution in [0.25, 0.3) is 0 Å². The van der Waals surface area contributed by atoms with E-state index in [0.717, 1.165) is 36.8 Å². The lowest BCUT2D eigenvalue weighted by atomic mass is 10.1. The van der Waals surface area contributed by atoms with Crippen molar-refractivity contribution >= 4 is 29.3 Å². The Labute approximate surface area is 161 Å². The topological polar surface area (TPSA) is 52.6 Å². The standard InChI is InChI=1S/C20H31N3O2S/c1-6-22(7-2)10-11-23(13-14(3)4)20(25)16-8-9-18-17(12-16)21-19(24)15(5)26-18/h8-9,12,14-15H,6-7,10-11,13H2,1-5H3,(H,21,24)/t15-/m0/s1. The zero-order valence-electron chi connectivity index (χ0n) is 16.5. The predicted octanol–water partition coefficient (Wildman–Crippen LogP) is 3.56. The van der Waals surface area contributed by atoms with Crippen LogP contribution in [-0.4, -0.2) is 59.6 Å². The van der Waals surface area contributed by atoms with Crippen LogP contribution in [0.5, 0.6) is 0 Å². The number of benzene rings is 1. The molecular formula is C20H31N3O2S. The van der Waals surface area contributed by atoms with Gasteiger partial charge < -0.3 is 15.1 Å². The van der Waals surface area contributed by atoms with Crippen molar-refractivity contribution in [2.24, 2.45) is 5.92 Å². The van der Waals surface area contributed by atoms with Gasteiger partial charge in [-0.3, -0.25) is 9.59 Å². The van der Waals surface area contributed by atoms with Crippen molar-refractivity contribution < 1.29 is 9.59 Å². The summed E-state index contributed by atoms with van der Waals surface area (Å²) in [5.41, 5.74) is 1.39. The summed E-state index contributed by atoms with van der Waals surface area (Å²) in [6.07, 6.45) is 0. The van der Waals surface area contributed by atoms with Crippen LogP contribution in [0, 0.1) is 5.92 Å². The van der Waals surface area contributed by atoms with Gasteiger partial charge in [0.1, 0.15) is 0 Å². The van der Waals surface area contributed by atoms with Crippen LogP contribution in [0.15, 0.2) is 23.1 Å². The van der Waals surface area contributed by atoms with Gasteiger partial charge in [-0.15, -0.1) is 11.8 Å². The molecule has 26 heavy (non-hydrogen) atoms. The Kier molecular flexibility index (Phi) is 7.53. The average Bonchev–Trinajstić information content (AvgIpc) is 2.61. The van der Waals surface area contributed by atoms with Crippen LogP contribution in [0.4, 0.5) is 5.69 Å². The van der Waals surface area contributed by atoms with E-state index in [2.05, 4.69) is 37.9 Å². The lowest BCUT2D eigenvalue weighted by Gasteiger charge is -2.28. The quantitative estimate of drug-likeness (QED) is 0.753. The summed E-state index contributed by atoms with van der Waals surface area (Å²) in [6.45, 7) is 14.7. The summed E-state index contributed by atoms with van der Waals surface area (Å²) in [5, 5.41) is 2.81. The lowest BCUT2D eigenvalue weighted by molar-refractivity contribution is -0.115. The number of anilines is 1. The van der Waals surface area contributed by atoms with E-state index in [-0.39, 0.29) is 17.1 Å². The summed E-state index contributed by atoms with van der Waals surface area (Å²) >= 11 is 1.54. The van der Waals surface area contributed by atoms with Crippen LogP contribution in [0.1, 0.15) is 45.0 Å². The van der Waals surface area contributed by atoms with E-state index in [9.17, 15) is 9.59 Å². The Bertz CT molecular complexity index is 644.